The molecular weight excluding hydrogens is 322 g/mol. The maximum Gasteiger partial charge on any atom is 0.287 e. The van der Waals surface area contributed by atoms with Crippen molar-refractivity contribution in [3.63, 3.8) is 0 Å². The number of aromatic nitrogens is 3. The summed E-state index contributed by atoms with van der Waals surface area (Å²) in [6.45, 7) is 0. The van der Waals surface area contributed by atoms with Crippen LogP contribution < -0.4 is 5.32 Å². The molecule has 1 aliphatic rings. The van der Waals surface area contributed by atoms with Crippen LogP contribution in [0.1, 0.15) is 32.1 Å². The van der Waals surface area contributed by atoms with Gasteiger partial charge in [-0.15, -0.1) is 10.2 Å². The summed E-state index contributed by atoms with van der Waals surface area (Å²) in [7, 11) is 0. The average molecular weight is 337 g/mol. The van der Waals surface area contributed by atoms with Crippen LogP contribution in [0.4, 0.5) is 10.8 Å². The van der Waals surface area contributed by atoms with Crippen LogP contribution in [0, 0.1) is 10.1 Å². The molecule has 0 aromatic carbocycles. The van der Waals surface area contributed by atoms with E-state index in [9.17, 15) is 10.1 Å². The van der Waals surface area contributed by atoms with Crippen LogP contribution in [0.5, 0.6) is 0 Å². The number of hydrogen-bond donors (Lipinski definition) is 1. The number of nitrogens with zero attached hydrogens (tertiary/aromatic N) is 4. The number of rotatable bonds is 5. The van der Waals surface area contributed by atoms with E-state index in [1.165, 1.54) is 67.5 Å². The van der Waals surface area contributed by atoms with Gasteiger partial charge < -0.3 is 5.32 Å². The standard InChI is InChI=1S/C13H15N5O2S2/c19-18(20)10-6-7-11(14-8-10)21-13-17-16-12(22-13)15-9-4-2-1-3-5-9/h6-9H,1-5H2,(H,15,16). The van der Waals surface area contributed by atoms with Gasteiger partial charge in [-0.25, -0.2) is 4.98 Å². The molecule has 7 nitrogen and oxygen atoms in total. The summed E-state index contributed by atoms with van der Waals surface area (Å²) in [5.41, 5.74) is -0.0127. The molecule has 1 saturated carbocycles. The molecule has 1 fully saturated rings. The van der Waals surface area contributed by atoms with Crippen molar-refractivity contribution in [3.05, 3.63) is 28.4 Å². The zero-order chi connectivity index (χ0) is 15.4. The van der Waals surface area contributed by atoms with E-state index in [0.29, 0.717) is 11.1 Å². The summed E-state index contributed by atoms with van der Waals surface area (Å²) in [5.74, 6) is 0. The van der Waals surface area contributed by atoms with Gasteiger partial charge in [0.05, 0.1) is 4.92 Å². The van der Waals surface area contributed by atoms with Gasteiger partial charge in [-0.2, -0.15) is 0 Å². The van der Waals surface area contributed by atoms with Crippen molar-refractivity contribution in [2.75, 3.05) is 5.32 Å². The van der Waals surface area contributed by atoms with Gasteiger partial charge in [0.15, 0.2) is 4.34 Å². The lowest BCUT2D eigenvalue weighted by Gasteiger charge is -2.21. The topological polar surface area (TPSA) is 93.8 Å². The molecule has 2 heterocycles. The smallest absolute Gasteiger partial charge is 0.287 e. The second-order valence-electron chi connectivity index (χ2n) is 5.07. The molecule has 0 unspecified atom stereocenters. The predicted molar refractivity (Wildman–Crippen MR) is 85.4 cm³/mol. The van der Waals surface area contributed by atoms with Crippen molar-refractivity contribution in [1.29, 1.82) is 0 Å². The van der Waals surface area contributed by atoms with Gasteiger partial charge in [0.1, 0.15) is 11.2 Å². The Morgan fingerprint density at radius 2 is 2.09 bits per heavy atom. The molecule has 3 rings (SSSR count). The summed E-state index contributed by atoms with van der Waals surface area (Å²) in [6, 6.07) is 3.56. The molecule has 0 aliphatic heterocycles. The molecule has 9 heteroatoms. The molecule has 116 valence electrons. The highest BCUT2D eigenvalue weighted by Gasteiger charge is 2.15. The normalized spacial score (nSPS) is 15.6. The van der Waals surface area contributed by atoms with E-state index in [-0.39, 0.29) is 5.69 Å². The Morgan fingerprint density at radius 3 is 2.77 bits per heavy atom. The van der Waals surface area contributed by atoms with Crippen molar-refractivity contribution in [2.24, 2.45) is 0 Å². The van der Waals surface area contributed by atoms with Crippen molar-refractivity contribution in [2.45, 2.75) is 47.5 Å². The largest absolute Gasteiger partial charge is 0.357 e. The van der Waals surface area contributed by atoms with E-state index in [4.69, 9.17) is 0 Å². The highest BCUT2D eigenvalue weighted by Crippen LogP contribution is 2.32. The molecule has 0 spiro atoms. The predicted octanol–water partition coefficient (Wildman–Crippen LogP) is 3.74. The molecule has 1 N–H and O–H groups in total. The zero-order valence-electron chi connectivity index (χ0n) is 11.8. The SMILES string of the molecule is O=[N+]([O-])c1ccc(Sc2nnc(NC3CCCCC3)s2)nc1. The molecular formula is C13H15N5O2S2. The summed E-state index contributed by atoms with van der Waals surface area (Å²) in [5, 5.41) is 23.8. The van der Waals surface area contributed by atoms with Gasteiger partial charge in [-0.1, -0.05) is 30.6 Å². The Balaban J connectivity index is 1.60. The fourth-order valence-electron chi connectivity index (χ4n) is 2.36. The summed E-state index contributed by atoms with van der Waals surface area (Å²) >= 11 is 2.85. The Kier molecular flexibility index (Phi) is 4.84. The van der Waals surface area contributed by atoms with Gasteiger partial charge >= 0.3 is 0 Å². The van der Waals surface area contributed by atoms with Crippen molar-refractivity contribution < 1.29 is 4.92 Å². The van der Waals surface area contributed by atoms with E-state index in [0.717, 1.165) is 9.47 Å². The van der Waals surface area contributed by atoms with Gasteiger partial charge in [0.25, 0.3) is 5.69 Å². The molecule has 0 amide bonds. The number of hydrogen-bond acceptors (Lipinski definition) is 8. The van der Waals surface area contributed by atoms with Crippen LogP contribution in [0.2, 0.25) is 0 Å². The van der Waals surface area contributed by atoms with Crippen LogP contribution in [0.3, 0.4) is 0 Å². The maximum atomic E-state index is 10.6. The highest BCUT2D eigenvalue weighted by atomic mass is 32.2. The first-order chi connectivity index (χ1) is 10.7. The minimum Gasteiger partial charge on any atom is -0.357 e. The number of nitro groups is 1. The quantitative estimate of drug-likeness (QED) is 0.656. The van der Waals surface area contributed by atoms with Crippen molar-refractivity contribution in [1.82, 2.24) is 15.2 Å². The lowest BCUT2D eigenvalue weighted by atomic mass is 9.96. The number of pyridine rings is 1. The number of nitrogens with one attached hydrogen (secondary N) is 1. The third kappa shape index (κ3) is 3.92. The minimum atomic E-state index is -0.460. The van der Waals surface area contributed by atoms with E-state index in [2.05, 4.69) is 20.5 Å². The molecule has 2 aromatic heterocycles. The Hall–Kier alpha value is -1.74. The third-order valence-corrected chi connectivity index (χ3v) is 5.32. The maximum absolute atomic E-state index is 10.6. The van der Waals surface area contributed by atoms with E-state index >= 15 is 0 Å². The van der Waals surface area contributed by atoms with Gasteiger partial charge in [-0.05, 0) is 30.7 Å². The molecule has 2 aromatic rings. The molecule has 0 atom stereocenters. The first kappa shape index (κ1) is 15.2. The van der Waals surface area contributed by atoms with Crippen molar-refractivity contribution >= 4 is 33.9 Å². The molecule has 0 saturated heterocycles. The van der Waals surface area contributed by atoms with Crippen LogP contribution >= 0.6 is 23.1 Å². The fraction of sp³-hybridized carbons (Fsp3) is 0.462. The van der Waals surface area contributed by atoms with Gasteiger partial charge in [-0.3, -0.25) is 10.1 Å². The van der Waals surface area contributed by atoms with E-state index in [1.54, 1.807) is 6.07 Å². The second-order valence-corrected chi connectivity index (χ2v) is 7.31. The van der Waals surface area contributed by atoms with E-state index < -0.39 is 4.92 Å². The second kappa shape index (κ2) is 7.01. The third-order valence-electron chi connectivity index (χ3n) is 3.46. The summed E-state index contributed by atoms with van der Waals surface area (Å²) < 4.78 is 0.777. The van der Waals surface area contributed by atoms with Crippen LogP contribution in [0.25, 0.3) is 0 Å². The summed E-state index contributed by atoms with van der Waals surface area (Å²) in [4.78, 5) is 14.2. The van der Waals surface area contributed by atoms with Crippen molar-refractivity contribution in [3.8, 4) is 0 Å². The molecule has 22 heavy (non-hydrogen) atoms. The van der Waals surface area contributed by atoms with Gasteiger partial charge in [0.2, 0.25) is 5.13 Å². The first-order valence-corrected chi connectivity index (χ1v) is 8.72. The molecule has 1 aliphatic carbocycles. The van der Waals surface area contributed by atoms with Gasteiger partial charge in [0, 0.05) is 12.1 Å². The zero-order valence-corrected chi connectivity index (χ0v) is 13.4. The lowest BCUT2D eigenvalue weighted by molar-refractivity contribution is -0.385. The Morgan fingerprint density at radius 1 is 1.27 bits per heavy atom. The van der Waals surface area contributed by atoms with Crippen LogP contribution in [0.15, 0.2) is 27.7 Å². The first-order valence-electron chi connectivity index (χ1n) is 7.09. The fourth-order valence-corrected chi connectivity index (χ4v) is 4.08. The molecule has 0 radical (unpaired) electrons. The monoisotopic (exact) mass is 337 g/mol. The van der Waals surface area contributed by atoms with Crippen LogP contribution in [-0.4, -0.2) is 26.1 Å². The highest BCUT2D eigenvalue weighted by molar-refractivity contribution is 8.01. The summed E-state index contributed by atoms with van der Waals surface area (Å²) in [6.07, 6.45) is 7.49. The Labute approximate surface area is 135 Å². The molecule has 0 bridgehead atoms. The van der Waals surface area contributed by atoms with E-state index in [1.807, 2.05) is 0 Å². The average Bonchev–Trinajstić information content (AvgIpc) is 2.96. The number of anilines is 1. The minimum absolute atomic E-state index is 0.0127. The Bertz CT molecular complexity index is 640. The van der Waals surface area contributed by atoms with Crippen LogP contribution in [-0.2, 0) is 0 Å². The lowest BCUT2D eigenvalue weighted by Crippen LogP contribution is -2.21.